The minimum atomic E-state index is -0.174. The third kappa shape index (κ3) is 3.29. The summed E-state index contributed by atoms with van der Waals surface area (Å²) in [7, 11) is 0. The Labute approximate surface area is 151 Å². The topological polar surface area (TPSA) is 48.8 Å². The lowest BCUT2D eigenvalue weighted by atomic mass is 9.58. The molecule has 2 saturated heterocycles. The maximum Gasteiger partial charge on any atom is 0.128 e. The van der Waals surface area contributed by atoms with Gasteiger partial charge in [0.25, 0.3) is 0 Å². The van der Waals surface area contributed by atoms with Crippen LogP contribution in [0, 0.1) is 5.41 Å². The van der Waals surface area contributed by atoms with Gasteiger partial charge in [0.15, 0.2) is 0 Å². The van der Waals surface area contributed by atoms with Crippen molar-refractivity contribution in [2.75, 3.05) is 37.7 Å². The second kappa shape index (κ2) is 7.22. The van der Waals surface area contributed by atoms with E-state index in [4.69, 9.17) is 4.74 Å². The van der Waals surface area contributed by atoms with Crippen molar-refractivity contribution in [1.82, 2.24) is 9.88 Å². The Morgan fingerprint density at radius 2 is 1.96 bits per heavy atom. The molecule has 1 spiro atoms. The molecule has 0 amide bonds. The molecule has 5 nitrogen and oxygen atoms in total. The molecule has 3 heterocycles. The van der Waals surface area contributed by atoms with Gasteiger partial charge in [0.1, 0.15) is 5.82 Å². The number of ether oxygens (including phenoxy) is 1. The fourth-order valence-corrected chi connectivity index (χ4v) is 4.85. The Morgan fingerprint density at radius 1 is 1.20 bits per heavy atom. The van der Waals surface area contributed by atoms with Crippen molar-refractivity contribution in [3.05, 3.63) is 23.9 Å². The average Bonchev–Trinajstić information content (AvgIpc) is 3.18. The minimum Gasteiger partial charge on any atom is -0.392 e. The zero-order chi connectivity index (χ0) is 17.3. The van der Waals surface area contributed by atoms with E-state index in [9.17, 15) is 5.11 Å². The van der Waals surface area contributed by atoms with Crippen molar-refractivity contribution in [2.45, 2.75) is 57.8 Å². The van der Waals surface area contributed by atoms with Crippen LogP contribution in [0.4, 0.5) is 5.82 Å². The molecule has 0 aromatic carbocycles. The molecule has 1 aromatic rings. The number of hydrogen-bond acceptors (Lipinski definition) is 5. The molecule has 1 saturated carbocycles. The van der Waals surface area contributed by atoms with Gasteiger partial charge in [0, 0.05) is 44.3 Å². The number of pyridine rings is 1. The number of piperidine rings is 1. The summed E-state index contributed by atoms with van der Waals surface area (Å²) in [6.07, 6.45) is 7.59. The van der Waals surface area contributed by atoms with Crippen molar-refractivity contribution < 1.29 is 9.84 Å². The standard InChI is InChI=1S/C20H31N3O2/c1-2-25-18-13-17(24)20(18)7-11-22(12-8-20)15-16-5-6-19(21-14-16)23-9-3-4-10-23/h5-6,14,17-18,24H,2-4,7-13,15H2,1H3. The molecule has 5 heteroatoms. The van der Waals surface area contributed by atoms with Crippen LogP contribution in [-0.2, 0) is 11.3 Å². The molecule has 25 heavy (non-hydrogen) atoms. The number of aromatic nitrogens is 1. The highest BCUT2D eigenvalue weighted by Gasteiger charge is 2.55. The number of aliphatic hydroxyl groups is 1. The molecular weight excluding hydrogens is 314 g/mol. The van der Waals surface area contributed by atoms with Crippen LogP contribution in [0.2, 0.25) is 0 Å². The molecule has 1 N–H and O–H groups in total. The Hall–Kier alpha value is -1.17. The average molecular weight is 345 g/mol. The van der Waals surface area contributed by atoms with Gasteiger partial charge in [-0.1, -0.05) is 6.07 Å². The van der Waals surface area contributed by atoms with E-state index < -0.39 is 0 Å². The first-order valence-corrected chi connectivity index (χ1v) is 9.93. The van der Waals surface area contributed by atoms with Crippen LogP contribution in [0.5, 0.6) is 0 Å². The molecule has 2 aliphatic heterocycles. The van der Waals surface area contributed by atoms with Gasteiger partial charge in [-0.15, -0.1) is 0 Å². The first-order chi connectivity index (χ1) is 12.2. The summed E-state index contributed by atoms with van der Waals surface area (Å²) >= 11 is 0. The molecular formula is C20H31N3O2. The summed E-state index contributed by atoms with van der Waals surface area (Å²) in [5.74, 6) is 1.12. The van der Waals surface area contributed by atoms with Crippen LogP contribution in [-0.4, -0.2) is 60.0 Å². The van der Waals surface area contributed by atoms with E-state index in [1.54, 1.807) is 0 Å². The smallest absolute Gasteiger partial charge is 0.128 e. The largest absolute Gasteiger partial charge is 0.392 e. The van der Waals surface area contributed by atoms with Crippen LogP contribution >= 0.6 is 0 Å². The van der Waals surface area contributed by atoms with Crippen LogP contribution in [0.25, 0.3) is 0 Å². The predicted molar refractivity (Wildman–Crippen MR) is 98.7 cm³/mol. The van der Waals surface area contributed by atoms with Gasteiger partial charge in [0.2, 0.25) is 0 Å². The second-order valence-corrected chi connectivity index (χ2v) is 7.92. The van der Waals surface area contributed by atoms with Crippen molar-refractivity contribution in [3.63, 3.8) is 0 Å². The maximum atomic E-state index is 10.3. The highest BCUT2D eigenvalue weighted by Crippen LogP contribution is 2.51. The van der Waals surface area contributed by atoms with Gasteiger partial charge in [-0.2, -0.15) is 0 Å². The molecule has 0 bridgehead atoms. The summed E-state index contributed by atoms with van der Waals surface area (Å²) in [5, 5.41) is 10.3. The summed E-state index contributed by atoms with van der Waals surface area (Å²) in [4.78, 5) is 9.54. The fraction of sp³-hybridized carbons (Fsp3) is 0.750. The monoisotopic (exact) mass is 345 g/mol. The summed E-state index contributed by atoms with van der Waals surface area (Å²) < 4.78 is 5.86. The highest BCUT2D eigenvalue weighted by molar-refractivity contribution is 5.40. The van der Waals surface area contributed by atoms with Crippen LogP contribution < -0.4 is 4.90 Å². The normalized spacial score (nSPS) is 29.1. The van der Waals surface area contributed by atoms with Gasteiger partial charge in [-0.05, 0) is 57.3 Å². The molecule has 2 atom stereocenters. The van der Waals surface area contributed by atoms with Crippen molar-refractivity contribution in [3.8, 4) is 0 Å². The SMILES string of the molecule is CCOC1CC(O)C12CCN(Cc1ccc(N3CCCC3)nc1)CC2. The van der Waals surface area contributed by atoms with E-state index in [-0.39, 0.29) is 17.6 Å². The summed E-state index contributed by atoms with van der Waals surface area (Å²) in [6.45, 7) is 8.11. The Kier molecular flexibility index (Phi) is 4.98. The lowest BCUT2D eigenvalue weighted by Gasteiger charge is -2.56. The highest BCUT2D eigenvalue weighted by atomic mass is 16.5. The minimum absolute atomic E-state index is 0.0182. The van der Waals surface area contributed by atoms with Gasteiger partial charge in [0.05, 0.1) is 12.2 Å². The number of nitrogens with zero attached hydrogens (tertiary/aromatic N) is 3. The Balaban J connectivity index is 1.31. The molecule has 1 aliphatic carbocycles. The van der Waals surface area contributed by atoms with Crippen molar-refractivity contribution in [1.29, 1.82) is 0 Å². The zero-order valence-corrected chi connectivity index (χ0v) is 15.4. The van der Waals surface area contributed by atoms with Crippen molar-refractivity contribution in [2.24, 2.45) is 5.41 Å². The Bertz CT molecular complexity index is 561. The van der Waals surface area contributed by atoms with E-state index in [1.165, 1.54) is 18.4 Å². The molecule has 1 aromatic heterocycles. The fourth-order valence-electron chi connectivity index (χ4n) is 4.85. The molecule has 138 valence electrons. The number of rotatable bonds is 5. The summed E-state index contributed by atoms with van der Waals surface area (Å²) in [5.41, 5.74) is 1.30. The third-order valence-electron chi connectivity index (χ3n) is 6.54. The van der Waals surface area contributed by atoms with Crippen LogP contribution in [0.15, 0.2) is 18.3 Å². The van der Waals surface area contributed by atoms with Crippen LogP contribution in [0.3, 0.4) is 0 Å². The summed E-state index contributed by atoms with van der Waals surface area (Å²) in [6, 6.07) is 4.40. The number of hydrogen-bond donors (Lipinski definition) is 1. The zero-order valence-electron chi connectivity index (χ0n) is 15.4. The van der Waals surface area contributed by atoms with Gasteiger partial charge < -0.3 is 14.7 Å². The van der Waals surface area contributed by atoms with E-state index in [2.05, 4.69) is 26.9 Å². The molecule has 3 fully saturated rings. The van der Waals surface area contributed by atoms with E-state index in [1.807, 2.05) is 13.1 Å². The first kappa shape index (κ1) is 17.3. The number of likely N-dealkylation sites (tertiary alicyclic amines) is 1. The van der Waals surface area contributed by atoms with Crippen molar-refractivity contribution >= 4 is 5.82 Å². The quantitative estimate of drug-likeness (QED) is 0.888. The van der Waals surface area contributed by atoms with E-state index in [0.717, 1.165) is 64.4 Å². The lowest BCUT2D eigenvalue weighted by molar-refractivity contribution is -0.209. The third-order valence-corrected chi connectivity index (χ3v) is 6.54. The number of aliphatic hydroxyl groups excluding tert-OH is 1. The van der Waals surface area contributed by atoms with Gasteiger partial charge >= 0.3 is 0 Å². The van der Waals surface area contributed by atoms with Gasteiger partial charge in [-0.25, -0.2) is 4.98 Å². The second-order valence-electron chi connectivity index (χ2n) is 7.92. The van der Waals surface area contributed by atoms with Gasteiger partial charge in [-0.3, -0.25) is 4.90 Å². The van der Waals surface area contributed by atoms with Crippen LogP contribution in [0.1, 0.15) is 44.6 Å². The Morgan fingerprint density at radius 3 is 2.56 bits per heavy atom. The molecule has 0 radical (unpaired) electrons. The molecule has 4 rings (SSSR count). The molecule has 3 aliphatic rings. The maximum absolute atomic E-state index is 10.3. The lowest BCUT2D eigenvalue weighted by Crippen LogP contribution is -2.62. The predicted octanol–water partition coefficient (Wildman–Crippen LogP) is 2.43. The number of anilines is 1. The molecule has 2 unspecified atom stereocenters. The van der Waals surface area contributed by atoms with E-state index >= 15 is 0 Å². The van der Waals surface area contributed by atoms with E-state index in [0.29, 0.717) is 0 Å². The first-order valence-electron chi connectivity index (χ1n) is 9.93.